The van der Waals surface area contributed by atoms with Crippen LogP contribution in [0.2, 0.25) is 0 Å². The van der Waals surface area contributed by atoms with Crippen molar-refractivity contribution in [1.29, 1.82) is 0 Å². The molecule has 5 nitrogen and oxygen atoms in total. The Labute approximate surface area is 95.6 Å². The second-order valence-electron chi connectivity index (χ2n) is 3.09. The van der Waals surface area contributed by atoms with Crippen LogP contribution in [-0.4, -0.2) is 40.5 Å². The smallest absolute Gasteiger partial charge is 0.416 e. The molecule has 0 amide bonds. The van der Waals surface area contributed by atoms with E-state index in [1.807, 2.05) is 0 Å². The lowest BCUT2D eigenvalue weighted by atomic mass is 10.3. The Kier molecular flexibility index (Phi) is 4.50. The number of hydrogen-bond donors (Lipinski definition) is 2. The molecule has 17 heavy (non-hydrogen) atoms. The number of alkyl halides is 3. The van der Waals surface area contributed by atoms with E-state index in [9.17, 15) is 13.2 Å². The summed E-state index contributed by atoms with van der Waals surface area (Å²) >= 11 is 0. The number of aliphatic hydroxyl groups excluding tert-OH is 1. The van der Waals surface area contributed by atoms with E-state index in [-0.39, 0.29) is 11.8 Å². The molecule has 0 fully saturated rings. The molecule has 0 bridgehead atoms. The van der Waals surface area contributed by atoms with E-state index < -0.39 is 18.8 Å². The minimum absolute atomic E-state index is 0.0285. The van der Waals surface area contributed by atoms with Gasteiger partial charge >= 0.3 is 6.18 Å². The predicted molar refractivity (Wildman–Crippen MR) is 53.8 cm³/mol. The predicted octanol–water partition coefficient (Wildman–Crippen LogP) is 1.21. The summed E-state index contributed by atoms with van der Waals surface area (Å²) in [4.78, 5) is 7.49. The quantitative estimate of drug-likeness (QED) is 0.823. The number of aliphatic hydroxyl groups is 1. The zero-order valence-electron chi connectivity index (χ0n) is 9.03. The first-order valence-corrected chi connectivity index (χ1v) is 4.88. The van der Waals surface area contributed by atoms with Crippen molar-refractivity contribution in [2.45, 2.75) is 19.2 Å². The first-order valence-electron chi connectivity index (χ1n) is 4.88. The zero-order valence-corrected chi connectivity index (χ0v) is 9.03. The maximum absolute atomic E-state index is 12.0. The van der Waals surface area contributed by atoms with Crippen molar-refractivity contribution in [2.75, 3.05) is 18.5 Å². The zero-order chi connectivity index (χ0) is 12.9. The van der Waals surface area contributed by atoms with E-state index in [0.29, 0.717) is 6.61 Å². The fraction of sp³-hybridized carbons (Fsp3) is 0.556. The molecule has 1 unspecified atom stereocenters. The minimum atomic E-state index is -4.66. The van der Waals surface area contributed by atoms with Gasteiger partial charge in [-0.1, -0.05) is 0 Å². The summed E-state index contributed by atoms with van der Waals surface area (Å²) in [6, 6.07) is 1.48. The highest BCUT2D eigenvalue weighted by molar-refractivity contribution is 5.27. The Balaban J connectivity index is 2.54. The summed E-state index contributed by atoms with van der Waals surface area (Å²) in [5.41, 5.74) is 0. The van der Waals surface area contributed by atoms with Crippen LogP contribution in [0.15, 0.2) is 12.3 Å². The lowest BCUT2D eigenvalue weighted by molar-refractivity contribution is -0.198. The fourth-order valence-corrected chi connectivity index (χ4v) is 0.959. The summed E-state index contributed by atoms with van der Waals surface area (Å²) < 4.78 is 41.0. The van der Waals surface area contributed by atoms with Crippen molar-refractivity contribution in [3.05, 3.63) is 12.3 Å². The third-order valence-electron chi connectivity index (χ3n) is 1.75. The van der Waals surface area contributed by atoms with Crippen molar-refractivity contribution in [3.8, 4) is 5.88 Å². The Morgan fingerprint density at radius 1 is 1.53 bits per heavy atom. The highest BCUT2D eigenvalue weighted by Gasteiger charge is 2.37. The van der Waals surface area contributed by atoms with Crippen LogP contribution in [0.4, 0.5) is 19.1 Å². The van der Waals surface area contributed by atoms with Crippen LogP contribution in [0.1, 0.15) is 6.92 Å². The standard InChI is InChI=1S/C9H12F3N3O2/c1-2-17-7-3-4-13-8(15-7)14-5-6(16)9(10,11)12/h3-4,6,16H,2,5H2,1H3,(H,13,14,15). The van der Waals surface area contributed by atoms with Gasteiger partial charge in [-0.15, -0.1) is 0 Å². The van der Waals surface area contributed by atoms with Gasteiger partial charge in [0, 0.05) is 12.3 Å². The van der Waals surface area contributed by atoms with Gasteiger partial charge in [0.15, 0.2) is 6.10 Å². The number of hydrogen-bond acceptors (Lipinski definition) is 5. The molecule has 1 atom stereocenters. The molecule has 0 saturated carbocycles. The van der Waals surface area contributed by atoms with E-state index in [4.69, 9.17) is 9.84 Å². The van der Waals surface area contributed by atoms with Gasteiger partial charge in [-0.05, 0) is 6.92 Å². The summed E-state index contributed by atoms with van der Waals surface area (Å²) in [5, 5.41) is 11.0. The second-order valence-corrected chi connectivity index (χ2v) is 3.09. The normalized spacial score (nSPS) is 13.2. The number of rotatable bonds is 5. The Morgan fingerprint density at radius 3 is 2.82 bits per heavy atom. The second kappa shape index (κ2) is 5.67. The summed E-state index contributed by atoms with van der Waals surface area (Å²) in [6.07, 6.45) is -5.77. The number of nitrogens with zero attached hydrogens (tertiary/aromatic N) is 2. The highest BCUT2D eigenvalue weighted by Crippen LogP contribution is 2.20. The first-order chi connectivity index (χ1) is 7.93. The molecule has 0 aliphatic heterocycles. The summed E-state index contributed by atoms with van der Waals surface area (Å²) in [6.45, 7) is 1.43. The van der Waals surface area contributed by atoms with Gasteiger partial charge in [-0.25, -0.2) is 4.98 Å². The molecule has 1 heterocycles. The van der Waals surface area contributed by atoms with Gasteiger partial charge in [0.1, 0.15) is 0 Å². The molecule has 1 aromatic rings. The van der Waals surface area contributed by atoms with Crippen molar-refractivity contribution in [3.63, 3.8) is 0 Å². The minimum Gasteiger partial charge on any atom is -0.478 e. The molecule has 0 aliphatic rings. The highest BCUT2D eigenvalue weighted by atomic mass is 19.4. The van der Waals surface area contributed by atoms with Crippen molar-refractivity contribution < 1.29 is 23.0 Å². The summed E-state index contributed by atoms with van der Waals surface area (Å²) in [7, 11) is 0. The molecule has 0 saturated heterocycles. The van der Waals surface area contributed by atoms with Crippen LogP contribution in [0.5, 0.6) is 5.88 Å². The molecular weight excluding hydrogens is 239 g/mol. The first kappa shape index (κ1) is 13.5. The number of halogens is 3. The van der Waals surface area contributed by atoms with Gasteiger partial charge in [-0.3, -0.25) is 0 Å². The molecule has 0 radical (unpaired) electrons. The monoisotopic (exact) mass is 251 g/mol. The maximum Gasteiger partial charge on any atom is 0.416 e. The number of anilines is 1. The van der Waals surface area contributed by atoms with E-state index in [0.717, 1.165) is 0 Å². The van der Waals surface area contributed by atoms with Crippen LogP contribution in [-0.2, 0) is 0 Å². The number of nitrogens with one attached hydrogen (secondary N) is 1. The lowest BCUT2D eigenvalue weighted by Crippen LogP contribution is -2.35. The van der Waals surface area contributed by atoms with Crippen molar-refractivity contribution in [1.82, 2.24) is 9.97 Å². The molecule has 0 spiro atoms. The van der Waals surface area contributed by atoms with Crippen LogP contribution >= 0.6 is 0 Å². The SMILES string of the molecule is CCOc1ccnc(NCC(O)C(F)(F)F)n1. The third-order valence-corrected chi connectivity index (χ3v) is 1.75. The van der Waals surface area contributed by atoms with Gasteiger partial charge < -0.3 is 15.2 Å². The molecule has 1 rings (SSSR count). The molecule has 1 aromatic heterocycles. The molecule has 8 heteroatoms. The molecular formula is C9H12F3N3O2. The number of aromatic nitrogens is 2. The van der Waals surface area contributed by atoms with Crippen LogP contribution in [0.25, 0.3) is 0 Å². The average Bonchev–Trinajstić information content (AvgIpc) is 2.25. The largest absolute Gasteiger partial charge is 0.478 e. The van der Waals surface area contributed by atoms with E-state index >= 15 is 0 Å². The van der Waals surface area contributed by atoms with Crippen molar-refractivity contribution >= 4 is 5.95 Å². The third kappa shape index (κ3) is 4.43. The van der Waals surface area contributed by atoms with Crippen LogP contribution in [0, 0.1) is 0 Å². The van der Waals surface area contributed by atoms with E-state index in [2.05, 4.69) is 15.3 Å². The topological polar surface area (TPSA) is 67.3 Å². The van der Waals surface area contributed by atoms with Gasteiger partial charge in [-0.2, -0.15) is 18.2 Å². The Hall–Kier alpha value is -1.57. The van der Waals surface area contributed by atoms with Gasteiger partial charge in [0.25, 0.3) is 0 Å². The lowest BCUT2D eigenvalue weighted by Gasteiger charge is -2.14. The van der Waals surface area contributed by atoms with E-state index in [1.165, 1.54) is 12.3 Å². The van der Waals surface area contributed by atoms with Gasteiger partial charge in [0.05, 0.1) is 13.2 Å². The van der Waals surface area contributed by atoms with Crippen LogP contribution < -0.4 is 10.1 Å². The molecule has 0 aliphatic carbocycles. The molecule has 2 N–H and O–H groups in total. The van der Waals surface area contributed by atoms with Crippen LogP contribution in [0.3, 0.4) is 0 Å². The number of ether oxygens (including phenoxy) is 1. The van der Waals surface area contributed by atoms with Crippen molar-refractivity contribution in [2.24, 2.45) is 0 Å². The molecule has 0 aromatic carbocycles. The molecule has 96 valence electrons. The Bertz CT molecular complexity index is 360. The van der Waals surface area contributed by atoms with E-state index in [1.54, 1.807) is 6.92 Å². The summed E-state index contributed by atoms with van der Waals surface area (Å²) in [5.74, 6) is 0.228. The Morgan fingerprint density at radius 2 is 2.24 bits per heavy atom. The van der Waals surface area contributed by atoms with Gasteiger partial charge in [0.2, 0.25) is 11.8 Å². The average molecular weight is 251 g/mol. The maximum atomic E-state index is 12.0. The fourth-order valence-electron chi connectivity index (χ4n) is 0.959.